The monoisotopic (exact) mass is 263 g/mol. The molecule has 4 heteroatoms. The lowest BCUT2D eigenvalue weighted by atomic mass is 10.1. The third kappa shape index (κ3) is 3.19. The number of anilines is 1. The highest BCUT2D eigenvalue weighted by atomic mass is 16.5. The Morgan fingerprint density at radius 1 is 1.26 bits per heavy atom. The zero-order chi connectivity index (χ0) is 13.8. The van der Waals surface area contributed by atoms with Crippen molar-refractivity contribution in [2.75, 3.05) is 45.7 Å². The second-order valence-electron chi connectivity index (χ2n) is 5.35. The van der Waals surface area contributed by atoms with Gasteiger partial charge in [-0.2, -0.15) is 0 Å². The maximum absolute atomic E-state index is 5.23. The van der Waals surface area contributed by atoms with Crippen molar-refractivity contribution in [2.24, 2.45) is 0 Å². The number of piperazine rings is 1. The lowest BCUT2D eigenvalue weighted by Crippen LogP contribution is -2.58. The molecule has 106 valence electrons. The first-order valence-electron chi connectivity index (χ1n) is 6.91. The zero-order valence-corrected chi connectivity index (χ0v) is 12.4. The largest absolute Gasteiger partial charge is 0.497 e. The molecule has 1 aliphatic rings. The van der Waals surface area contributed by atoms with E-state index in [0.29, 0.717) is 12.1 Å². The first kappa shape index (κ1) is 14.2. The Kier molecular flexibility index (Phi) is 4.66. The molecule has 1 aliphatic heterocycles. The van der Waals surface area contributed by atoms with E-state index in [0.717, 1.165) is 25.4 Å². The van der Waals surface area contributed by atoms with E-state index in [1.165, 1.54) is 5.69 Å². The first-order valence-corrected chi connectivity index (χ1v) is 6.91. The van der Waals surface area contributed by atoms with E-state index < -0.39 is 0 Å². The Labute approximate surface area is 116 Å². The molecule has 1 aromatic rings. The van der Waals surface area contributed by atoms with Crippen molar-refractivity contribution in [1.82, 2.24) is 10.2 Å². The van der Waals surface area contributed by atoms with Crippen molar-refractivity contribution in [3.05, 3.63) is 24.3 Å². The molecule has 2 atom stereocenters. The standard InChI is InChI=1S/C15H25N3O/c1-12-10-18(14(9-16-2)11-17(12)3)13-5-7-15(19-4)8-6-13/h5-8,12,14,16H,9-11H2,1-4H3. The molecule has 0 saturated carbocycles. The fourth-order valence-corrected chi connectivity index (χ4v) is 2.68. The van der Waals surface area contributed by atoms with Gasteiger partial charge in [-0.1, -0.05) is 0 Å². The van der Waals surface area contributed by atoms with Gasteiger partial charge in [0.25, 0.3) is 0 Å². The van der Waals surface area contributed by atoms with E-state index in [4.69, 9.17) is 4.74 Å². The van der Waals surface area contributed by atoms with Gasteiger partial charge >= 0.3 is 0 Å². The Morgan fingerprint density at radius 3 is 2.53 bits per heavy atom. The molecule has 1 fully saturated rings. The van der Waals surface area contributed by atoms with E-state index in [1.54, 1.807) is 7.11 Å². The number of ether oxygens (including phenoxy) is 1. The second-order valence-corrected chi connectivity index (χ2v) is 5.35. The van der Waals surface area contributed by atoms with Gasteiger partial charge in [-0.15, -0.1) is 0 Å². The van der Waals surface area contributed by atoms with Gasteiger partial charge in [0.05, 0.1) is 13.2 Å². The van der Waals surface area contributed by atoms with Crippen molar-refractivity contribution in [1.29, 1.82) is 0 Å². The fourth-order valence-electron chi connectivity index (χ4n) is 2.68. The van der Waals surface area contributed by atoms with Crippen LogP contribution in [0.15, 0.2) is 24.3 Å². The zero-order valence-electron chi connectivity index (χ0n) is 12.4. The number of rotatable bonds is 4. The van der Waals surface area contributed by atoms with Crippen LogP contribution in [0.25, 0.3) is 0 Å². The van der Waals surface area contributed by atoms with Gasteiger partial charge in [0.1, 0.15) is 5.75 Å². The van der Waals surface area contributed by atoms with Crippen molar-refractivity contribution in [2.45, 2.75) is 19.0 Å². The molecule has 0 bridgehead atoms. The highest BCUT2D eigenvalue weighted by Gasteiger charge is 2.29. The molecule has 2 unspecified atom stereocenters. The van der Waals surface area contributed by atoms with Crippen molar-refractivity contribution < 1.29 is 4.74 Å². The molecule has 0 aromatic heterocycles. The third-order valence-electron chi connectivity index (χ3n) is 4.00. The Balaban J connectivity index is 2.17. The fraction of sp³-hybridized carbons (Fsp3) is 0.600. The summed E-state index contributed by atoms with van der Waals surface area (Å²) in [6.45, 7) is 5.44. The van der Waals surface area contributed by atoms with Crippen molar-refractivity contribution in [3.63, 3.8) is 0 Å². The lowest BCUT2D eigenvalue weighted by molar-refractivity contribution is 0.199. The predicted octanol–water partition coefficient (Wildman–Crippen LogP) is 1.42. The molecule has 0 amide bonds. The third-order valence-corrected chi connectivity index (χ3v) is 4.00. The Morgan fingerprint density at radius 2 is 1.95 bits per heavy atom. The van der Waals surface area contributed by atoms with Gasteiger partial charge in [-0.25, -0.2) is 0 Å². The Bertz CT molecular complexity index is 393. The summed E-state index contributed by atoms with van der Waals surface area (Å²) in [4.78, 5) is 4.93. The van der Waals surface area contributed by atoms with Crippen LogP contribution in [0.4, 0.5) is 5.69 Å². The normalized spacial score (nSPS) is 24.5. The summed E-state index contributed by atoms with van der Waals surface area (Å²) in [7, 11) is 5.93. The summed E-state index contributed by atoms with van der Waals surface area (Å²) in [5.41, 5.74) is 1.28. The van der Waals surface area contributed by atoms with E-state index in [2.05, 4.69) is 41.2 Å². The molecule has 4 nitrogen and oxygen atoms in total. The van der Waals surface area contributed by atoms with Crippen LogP contribution in [-0.2, 0) is 0 Å². The molecule has 1 aromatic carbocycles. The van der Waals surface area contributed by atoms with Crippen LogP contribution in [0.3, 0.4) is 0 Å². The number of nitrogens with zero attached hydrogens (tertiary/aromatic N) is 2. The first-order chi connectivity index (χ1) is 9.15. The summed E-state index contributed by atoms with van der Waals surface area (Å²) < 4.78 is 5.23. The van der Waals surface area contributed by atoms with Gasteiger partial charge in [-0.05, 0) is 45.3 Å². The molecule has 0 radical (unpaired) electrons. The highest BCUT2D eigenvalue weighted by molar-refractivity contribution is 5.50. The van der Waals surface area contributed by atoms with E-state index in [-0.39, 0.29) is 0 Å². The molecular formula is C15H25N3O. The minimum Gasteiger partial charge on any atom is -0.497 e. The highest BCUT2D eigenvalue weighted by Crippen LogP contribution is 2.24. The predicted molar refractivity (Wildman–Crippen MR) is 80.1 cm³/mol. The quantitative estimate of drug-likeness (QED) is 0.889. The molecular weight excluding hydrogens is 238 g/mol. The molecule has 0 aliphatic carbocycles. The van der Waals surface area contributed by atoms with Gasteiger partial charge < -0.3 is 15.0 Å². The van der Waals surface area contributed by atoms with Crippen molar-refractivity contribution in [3.8, 4) is 5.75 Å². The maximum Gasteiger partial charge on any atom is 0.119 e. The van der Waals surface area contributed by atoms with Crippen LogP contribution in [0.2, 0.25) is 0 Å². The van der Waals surface area contributed by atoms with Crippen molar-refractivity contribution >= 4 is 5.69 Å². The number of hydrogen-bond acceptors (Lipinski definition) is 4. The van der Waals surface area contributed by atoms with Crippen LogP contribution in [0.1, 0.15) is 6.92 Å². The SMILES string of the molecule is CNCC1CN(C)C(C)CN1c1ccc(OC)cc1. The van der Waals surface area contributed by atoms with Crippen LogP contribution >= 0.6 is 0 Å². The van der Waals surface area contributed by atoms with Crippen LogP contribution in [0.5, 0.6) is 5.75 Å². The van der Waals surface area contributed by atoms with Crippen LogP contribution in [-0.4, -0.2) is 57.8 Å². The number of nitrogens with one attached hydrogen (secondary N) is 1. The molecule has 1 saturated heterocycles. The van der Waals surface area contributed by atoms with Gasteiger partial charge in [0.15, 0.2) is 0 Å². The summed E-state index contributed by atoms with van der Waals surface area (Å²) in [6, 6.07) is 9.47. The molecule has 1 heterocycles. The summed E-state index contributed by atoms with van der Waals surface area (Å²) >= 11 is 0. The minimum atomic E-state index is 0.514. The number of hydrogen-bond donors (Lipinski definition) is 1. The summed E-state index contributed by atoms with van der Waals surface area (Å²) in [5, 5.41) is 3.30. The van der Waals surface area contributed by atoms with Gasteiger partial charge in [0, 0.05) is 31.4 Å². The lowest BCUT2D eigenvalue weighted by Gasteiger charge is -2.45. The van der Waals surface area contributed by atoms with Gasteiger partial charge in [0.2, 0.25) is 0 Å². The molecule has 2 rings (SSSR count). The van der Waals surface area contributed by atoms with Gasteiger partial charge in [-0.3, -0.25) is 4.90 Å². The number of benzene rings is 1. The Hall–Kier alpha value is -1.26. The maximum atomic E-state index is 5.23. The number of likely N-dealkylation sites (N-methyl/N-ethyl adjacent to an activating group) is 2. The summed E-state index contributed by atoms with van der Waals surface area (Å²) in [5.74, 6) is 0.913. The topological polar surface area (TPSA) is 27.7 Å². The van der Waals surface area contributed by atoms with E-state index in [9.17, 15) is 0 Å². The smallest absolute Gasteiger partial charge is 0.119 e. The van der Waals surface area contributed by atoms with E-state index >= 15 is 0 Å². The molecule has 0 spiro atoms. The summed E-state index contributed by atoms with van der Waals surface area (Å²) in [6.07, 6.45) is 0. The average molecular weight is 263 g/mol. The second kappa shape index (κ2) is 6.26. The number of methoxy groups -OCH3 is 1. The molecule has 19 heavy (non-hydrogen) atoms. The minimum absolute atomic E-state index is 0.514. The van der Waals surface area contributed by atoms with E-state index in [1.807, 2.05) is 19.2 Å². The molecule has 1 N–H and O–H groups in total. The van der Waals surface area contributed by atoms with Crippen LogP contribution < -0.4 is 15.0 Å². The average Bonchev–Trinajstić information content (AvgIpc) is 2.43. The van der Waals surface area contributed by atoms with Crippen LogP contribution in [0, 0.1) is 0 Å².